The highest BCUT2D eigenvalue weighted by Crippen LogP contribution is 2.36. The fourth-order valence-electron chi connectivity index (χ4n) is 3.25. The number of amides is 1. The largest absolute Gasteiger partial charge is 0.506 e. The van der Waals surface area contributed by atoms with Crippen molar-refractivity contribution in [3.8, 4) is 5.75 Å². The van der Waals surface area contributed by atoms with Gasteiger partial charge in [0.15, 0.2) is 5.65 Å². The molecule has 1 atom stereocenters. The van der Waals surface area contributed by atoms with Crippen LogP contribution in [0.1, 0.15) is 23.7 Å². The van der Waals surface area contributed by atoms with Crippen LogP contribution in [0.2, 0.25) is 0 Å². The monoisotopic (exact) mass is 375 g/mol. The molecule has 142 valence electrons. The molecule has 0 spiro atoms. The Bertz CT molecular complexity index is 1190. The Morgan fingerprint density at radius 1 is 1.11 bits per heavy atom. The van der Waals surface area contributed by atoms with E-state index in [9.17, 15) is 9.90 Å². The number of aromatic hydroxyl groups is 1. The number of nitrogens with zero attached hydrogens (tertiary/aromatic N) is 3. The van der Waals surface area contributed by atoms with Crippen LogP contribution < -0.4 is 10.6 Å². The van der Waals surface area contributed by atoms with E-state index >= 15 is 0 Å². The van der Waals surface area contributed by atoms with Crippen molar-refractivity contribution < 1.29 is 9.90 Å². The highest BCUT2D eigenvalue weighted by molar-refractivity contribution is 6.19. The minimum Gasteiger partial charge on any atom is -0.506 e. The van der Waals surface area contributed by atoms with Crippen LogP contribution >= 0.6 is 0 Å². The number of fused-ring (bicyclic) bond motifs is 4. The predicted molar refractivity (Wildman–Crippen MR) is 109 cm³/mol. The van der Waals surface area contributed by atoms with Crippen molar-refractivity contribution >= 4 is 38.9 Å². The summed E-state index contributed by atoms with van der Waals surface area (Å²) in [6.07, 6.45) is 2.43. The van der Waals surface area contributed by atoms with Crippen LogP contribution in [0, 0.1) is 0 Å². The summed E-state index contributed by atoms with van der Waals surface area (Å²) in [5.74, 6) is -0.450. The van der Waals surface area contributed by atoms with Crippen molar-refractivity contribution in [3.63, 3.8) is 0 Å². The minimum atomic E-state index is -0.367. The Balaban J connectivity index is 1.91. The van der Waals surface area contributed by atoms with E-state index < -0.39 is 0 Å². The van der Waals surface area contributed by atoms with E-state index in [4.69, 9.17) is 0 Å². The number of carbonyl (C=O) groups is 1. The van der Waals surface area contributed by atoms with E-state index in [1.54, 1.807) is 24.4 Å². The lowest BCUT2D eigenvalue weighted by atomic mass is 10.0. The Morgan fingerprint density at radius 2 is 1.89 bits per heavy atom. The fourth-order valence-corrected chi connectivity index (χ4v) is 3.25. The van der Waals surface area contributed by atoms with Crippen LogP contribution in [0.3, 0.4) is 0 Å². The molecule has 2 heterocycles. The van der Waals surface area contributed by atoms with Crippen LogP contribution in [-0.4, -0.2) is 45.6 Å². The van der Waals surface area contributed by atoms with Crippen molar-refractivity contribution in [2.45, 2.75) is 19.4 Å². The van der Waals surface area contributed by atoms with Gasteiger partial charge in [0, 0.05) is 29.6 Å². The van der Waals surface area contributed by atoms with Crippen molar-refractivity contribution in [1.29, 1.82) is 0 Å². The summed E-state index contributed by atoms with van der Waals surface area (Å²) in [6, 6.07) is 11.1. The first-order valence-corrected chi connectivity index (χ1v) is 9.21. The third-order valence-corrected chi connectivity index (χ3v) is 4.93. The zero-order chi connectivity index (χ0) is 19.7. The number of aromatic nitrogens is 3. The van der Waals surface area contributed by atoms with E-state index in [0.29, 0.717) is 34.1 Å². The molecule has 0 aliphatic rings. The molecule has 4 aromatic rings. The van der Waals surface area contributed by atoms with Crippen molar-refractivity contribution in [1.82, 2.24) is 25.6 Å². The second kappa shape index (κ2) is 7.36. The average molecular weight is 375 g/mol. The predicted octanol–water partition coefficient (Wildman–Crippen LogP) is 2.76. The number of rotatable bonds is 5. The van der Waals surface area contributed by atoms with Gasteiger partial charge in [0.05, 0.1) is 0 Å². The summed E-state index contributed by atoms with van der Waals surface area (Å²) >= 11 is 0. The molecule has 2 aromatic carbocycles. The van der Waals surface area contributed by atoms with E-state index in [-0.39, 0.29) is 23.3 Å². The molecule has 0 saturated heterocycles. The molecule has 0 bridgehead atoms. The molecule has 1 amide bonds. The lowest BCUT2D eigenvalue weighted by Gasteiger charge is -2.14. The second-order valence-corrected chi connectivity index (χ2v) is 6.77. The maximum atomic E-state index is 13.0. The molecule has 28 heavy (non-hydrogen) atoms. The molecule has 3 N–H and O–H groups in total. The van der Waals surface area contributed by atoms with Gasteiger partial charge in [-0.15, -0.1) is 0 Å². The lowest BCUT2D eigenvalue weighted by molar-refractivity contribution is 0.0951. The van der Waals surface area contributed by atoms with Gasteiger partial charge in [-0.05, 0) is 32.5 Å². The van der Waals surface area contributed by atoms with Gasteiger partial charge in [-0.1, -0.05) is 24.3 Å². The standard InChI is InChI=1S/C21H21N5O2/c1-12(22-2)9-11-24-21(28)16-18-17(13-6-3-4-7-14(13)19(16)27)26-20-15(25-18)8-5-10-23-20/h3-8,10,12,22,27H,9,11H2,1-2H3,(H,24,28). The van der Waals surface area contributed by atoms with Crippen molar-refractivity contribution in [2.24, 2.45) is 0 Å². The Hall–Kier alpha value is -3.32. The lowest BCUT2D eigenvalue weighted by Crippen LogP contribution is -2.30. The quantitative estimate of drug-likeness (QED) is 0.366. The average Bonchev–Trinajstić information content (AvgIpc) is 2.72. The maximum Gasteiger partial charge on any atom is 0.257 e. The zero-order valence-electron chi connectivity index (χ0n) is 15.7. The van der Waals surface area contributed by atoms with Gasteiger partial charge in [-0.25, -0.2) is 15.0 Å². The summed E-state index contributed by atoms with van der Waals surface area (Å²) in [7, 11) is 1.88. The van der Waals surface area contributed by atoms with E-state index in [1.165, 1.54) is 0 Å². The number of carbonyl (C=O) groups excluding carboxylic acids is 1. The normalized spacial score (nSPS) is 12.5. The molecule has 4 rings (SSSR count). The summed E-state index contributed by atoms with van der Waals surface area (Å²) in [6.45, 7) is 2.52. The summed E-state index contributed by atoms with van der Waals surface area (Å²) in [4.78, 5) is 26.5. The third-order valence-electron chi connectivity index (χ3n) is 4.93. The number of hydrogen-bond acceptors (Lipinski definition) is 6. The molecule has 7 nitrogen and oxygen atoms in total. The van der Waals surface area contributed by atoms with Crippen LogP contribution in [0.4, 0.5) is 0 Å². The van der Waals surface area contributed by atoms with Gasteiger partial charge in [-0.3, -0.25) is 4.79 Å². The van der Waals surface area contributed by atoms with Crippen molar-refractivity contribution in [2.75, 3.05) is 13.6 Å². The van der Waals surface area contributed by atoms with Gasteiger partial charge in [0.2, 0.25) is 0 Å². The zero-order valence-corrected chi connectivity index (χ0v) is 15.7. The van der Waals surface area contributed by atoms with Gasteiger partial charge in [-0.2, -0.15) is 0 Å². The summed E-state index contributed by atoms with van der Waals surface area (Å²) in [5.41, 5.74) is 2.14. The fraction of sp³-hybridized carbons (Fsp3) is 0.238. The van der Waals surface area contributed by atoms with E-state index in [1.807, 2.05) is 32.2 Å². The molecule has 0 fully saturated rings. The molecule has 2 aromatic heterocycles. The number of nitrogens with one attached hydrogen (secondary N) is 2. The molecule has 0 aliphatic heterocycles. The highest BCUT2D eigenvalue weighted by atomic mass is 16.3. The molecule has 1 unspecified atom stereocenters. The molecular weight excluding hydrogens is 354 g/mol. The van der Waals surface area contributed by atoms with Crippen LogP contribution in [0.25, 0.3) is 33.0 Å². The van der Waals surface area contributed by atoms with Crippen LogP contribution in [0.5, 0.6) is 5.75 Å². The molecule has 0 radical (unpaired) electrons. The topological polar surface area (TPSA) is 100 Å². The van der Waals surface area contributed by atoms with Gasteiger partial charge in [0.25, 0.3) is 5.91 Å². The highest BCUT2D eigenvalue weighted by Gasteiger charge is 2.22. The van der Waals surface area contributed by atoms with E-state index in [2.05, 4.69) is 25.6 Å². The second-order valence-electron chi connectivity index (χ2n) is 6.77. The SMILES string of the molecule is CNC(C)CCNC(=O)c1c(O)c2ccccc2c2nc3ncccc3nc12. The number of phenols is 1. The van der Waals surface area contributed by atoms with Crippen molar-refractivity contribution in [3.05, 3.63) is 48.2 Å². The maximum absolute atomic E-state index is 13.0. The number of hydrogen-bond donors (Lipinski definition) is 3. The Morgan fingerprint density at radius 3 is 2.68 bits per heavy atom. The molecule has 7 heteroatoms. The molecule has 0 saturated carbocycles. The van der Waals surface area contributed by atoms with Crippen LogP contribution in [-0.2, 0) is 0 Å². The number of phenolic OH excluding ortho intramolecular Hbond substituents is 1. The Kier molecular flexibility index (Phi) is 4.75. The van der Waals surface area contributed by atoms with Gasteiger partial charge >= 0.3 is 0 Å². The first-order chi connectivity index (χ1) is 13.6. The first-order valence-electron chi connectivity index (χ1n) is 9.21. The minimum absolute atomic E-state index is 0.0835. The smallest absolute Gasteiger partial charge is 0.257 e. The number of pyridine rings is 1. The van der Waals surface area contributed by atoms with Gasteiger partial charge < -0.3 is 15.7 Å². The first kappa shape index (κ1) is 18.1. The van der Waals surface area contributed by atoms with Crippen LogP contribution in [0.15, 0.2) is 42.6 Å². The molecule has 0 aliphatic carbocycles. The Labute approximate surface area is 161 Å². The summed E-state index contributed by atoms with van der Waals surface area (Å²) in [5, 5.41) is 18.2. The molecular formula is C21H21N5O2. The number of benzene rings is 2. The van der Waals surface area contributed by atoms with Gasteiger partial charge in [0.1, 0.15) is 27.9 Å². The summed E-state index contributed by atoms with van der Waals surface area (Å²) < 4.78 is 0. The van der Waals surface area contributed by atoms with E-state index in [0.717, 1.165) is 11.8 Å². The third kappa shape index (κ3) is 3.10.